The number of rotatable bonds is 4. The van der Waals surface area contributed by atoms with Crippen LogP contribution in [0.4, 0.5) is 0 Å². The van der Waals surface area contributed by atoms with E-state index in [-0.39, 0.29) is 5.54 Å². The van der Waals surface area contributed by atoms with Crippen molar-refractivity contribution < 1.29 is 0 Å². The zero-order valence-electron chi connectivity index (χ0n) is 12.1. The molecule has 2 N–H and O–H groups in total. The van der Waals surface area contributed by atoms with Gasteiger partial charge in [-0.15, -0.1) is 0 Å². The van der Waals surface area contributed by atoms with Crippen LogP contribution in [0.1, 0.15) is 52.9 Å². The number of nitrogens with two attached hydrogens (primary N) is 1. The monoisotopic (exact) mass is 238 g/mol. The minimum absolute atomic E-state index is 0.244. The van der Waals surface area contributed by atoms with Crippen LogP contribution in [0.3, 0.4) is 0 Å². The molecule has 2 heteroatoms. The van der Waals surface area contributed by atoms with E-state index in [4.69, 9.17) is 5.73 Å². The molecule has 0 spiro atoms. The molecule has 2 aliphatic carbocycles. The van der Waals surface area contributed by atoms with Gasteiger partial charge < -0.3 is 5.73 Å². The highest BCUT2D eigenvalue weighted by Gasteiger charge is 2.49. The molecule has 0 aromatic rings. The van der Waals surface area contributed by atoms with Gasteiger partial charge in [0.15, 0.2) is 0 Å². The summed E-state index contributed by atoms with van der Waals surface area (Å²) in [6.07, 6.45) is 6.77. The smallest absolute Gasteiger partial charge is 0.0379 e. The molecular formula is C15H30N2. The molecule has 100 valence electrons. The topological polar surface area (TPSA) is 29.3 Å². The molecule has 0 amide bonds. The fraction of sp³-hybridized carbons (Fsp3) is 1.00. The minimum atomic E-state index is 0.244. The van der Waals surface area contributed by atoms with Crippen molar-refractivity contribution in [2.75, 3.05) is 20.1 Å². The highest BCUT2D eigenvalue weighted by Crippen LogP contribution is 2.48. The first kappa shape index (κ1) is 13.4. The van der Waals surface area contributed by atoms with Gasteiger partial charge in [0.25, 0.3) is 0 Å². The molecule has 2 aliphatic rings. The van der Waals surface area contributed by atoms with Crippen LogP contribution < -0.4 is 5.73 Å². The summed E-state index contributed by atoms with van der Waals surface area (Å²) in [6, 6.07) is 0. The average molecular weight is 238 g/mol. The van der Waals surface area contributed by atoms with Gasteiger partial charge in [-0.05, 0) is 43.6 Å². The molecule has 3 atom stereocenters. The Kier molecular flexibility index (Phi) is 3.57. The molecule has 3 unspecified atom stereocenters. The minimum Gasteiger partial charge on any atom is -0.329 e. The summed E-state index contributed by atoms with van der Waals surface area (Å²) in [7, 11) is 2.31. The summed E-state index contributed by atoms with van der Waals surface area (Å²) in [6.45, 7) is 9.29. The molecular weight excluding hydrogens is 208 g/mol. The number of likely N-dealkylation sites (N-methyl/N-ethyl adjacent to an activating group) is 1. The third kappa shape index (κ3) is 2.26. The lowest BCUT2D eigenvalue weighted by Crippen LogP contribution is -2.62. The maximum atomic E-state index is 6.20. The van der Waals surface area contributed by atoms with Gasteiger partial charge in [-0.1, -0.05) is 33.6 Å². The molecule has 0 saturated heterocycles. The van der Waals surface area contributed by atoms with Crippen LogP contribution in [0.5, 0.6) is 0 Å². The van der Waals surface area contributed by atoms with Crippen molar-refractivity contribution in [1.29, 1.82) is 0 Å². The Labute approximate surface area is 107 Å². The summed E-state index contributed by atoms with van der Waals surface area (Å²) in [5, 5.41) is 0. The van der Waals surface area contributed by atoms with Crippen molar-refractivity contribution in [3.05, 3.63) is 0 Å². The molecule has 2 nitrogen and oxygen atoms in total. The summed E-state index contributed by atoms with van der Waals surface area (Å²) in [5.74, 6) is 1.88. The predicted octanol–water partition coefficient (Wildman–Crippen LogP) is 2.87. The second-order valence-electron chi connectivity index (χ2n) is 7.18. The van der Waals surface area contributed by atoms with Gasteiger partial charge in [-0.2, -0.15) is 0 Å². The highest BCUT2D eigenvalue weighted by molar-refractivity contribution is 5.05. The summed E-state index contributed by atoms with van der Waals surface area (Å²) >= 11 is 0. The second-order valence-corrected chi connectivity index (χ2v) is 7.18. The SMILES string of the molecule is CC1CC1CN(C)C1(CN)CCCCC1(C)C. The van der Waals surface area contributed by atoms with E-state index in [1.54, 1.807) is 0 Å². The third-order valence-electron chi connectivity index (χ3n) is 5.75. The van der Waals surface area contributed by atoms with E-state index in [0.29, 0.717) is 5.41 Å². The molecule has 2 rings (SSSR count). The first-order valence-corrected chi connectivity index (χ1v) is 7.34. The van der Waals surface area contributed by atoms with E-state index in [0.717, 1.165) is 18.4 Å². The Bertz CT molecular complexity index is 274. The Morgan fingerprint density at radius 3 is 2.29 bits per heavy atom. The molecule has 0 heterocycles. The van der Waals surface area contributed by atoms with Crippen LogP contribution in [-0.4, -0.2) is 30.6 Å². The Hall–Kier alpha value is -0.0800. The lowest BCUT2D eigenvalue weighted by molar-refractivity contribution is -0.0315. The molecule has 0 aromatic carbocycles. The normalized spacial score (nSPS) is 40.6. The third-order valence-corrected chi connectivity index (χ3v) is 5.75. The van der Waals surface area contributed by atoms with Gasteiger partial charge in [0, 0.05) is 18.6 Å². The number of nitrogens with zero attached hydrogens (tertiary/aromatic N) is 1. The van der Waals surface area contributed by atoms with E-state index in [1.165, 1.54) is 38.6 Å². The van der Waals surface area contributed by atoms with Crippen molar-refractivity contribution >= 4 is 0 Å². The Morgan fingerprint density at radius 2 is 1.82 bits per heavy atom. The fourth-order valence-corrected chi connectivity index (χ4v) is 3.98. The first-order valence-electron chi connectivity index (χ1n) is 7.34. The van der Waals surface area contributed by atoms with Crippen LogP contribution >= 0.6 is 0 Å². The predicted molar refractivity (Wildman–Crippen MR) is 73.9 cm³/mol. The standard InChI is InChI=1S/C15H30N2/c1-12-9-13(12)10-17(4)15(11-16)8-6-5-7-14(15,2)3/h12-13H,5-11,16H2,1-4H3. The van der Waals surface area contributed by atoms with Crippen molar-refractivity contribution in [2.45, 2.75) is 58.4 Å². The summed E-state index contributed by atoms with van der Waals surface area (Å²) < 4.78 is 0. The molecule has 0 aromatic heterocycles. The van der Waals surface area contributed by atoms with E-state index < -0.39 is 0 Å². The van der Waals surface area contributed by atoms with Gasteiger partial charge in [-0.3, -0.25) is 4.90 Å². The first-order chi connectivity index (χ1) is 7.93. The van der Waals surface area contributed by atoms with Gasteiger partial charge >= 0.3 is 0 Å². The fourth-order valence-electron chi connectivity index (χ4n) is 3.98. The van der Waals surface area contributed by atoms with Gasteiger partial charge in [0.05, 0.1) is 0 Å². The van der Waals surface area contributed by atoms with Gasteiger partial charge in [0.2, 0.25) is 0 Å². The average Bonchev–Trinajstić information content (AvgIpc) is 2.94. The number of hydrogen-bond donors (Lipinski definition) is 1. The lowest BCUT2D eigenvalue weighted by atomic mass is 9.62. The van der Waals surface area contributed by atoms with Crippen molar-refractivity contribution in [1.82, 2.24) is 4.90 Å². The van der Waals surface area contributed by atoms with Crippen molar-refractivity contribution in [2.24, 2.45) is 23.0 Å². The van der Waals surface area contributed by atoms with Gasteiger partial charge in [-0.25, -0.2) is 0 Å². The molecule has 2 fully saturated rings. The second kappa shape index (κ2) is 4.55. The lowest BCUT2D eigenvalue weighted by Gasteiger charge is -2.55. The quantitative estimate of drug-likeness (QED) is 0.816. The zero-order valence-corrected chi connectivity index (χ0v) is 12.1. The highest BCUT2D eigenvalue weighted by atomic mass is 15.2. The van der Waals surface area contributed by atoms with E-state index in [2.05, 4.69) is 32.7 Å². The molecule has 17 heavy (non-hydrogen) atoms. The Balaban J connectivity index is 2.10. The van der Waals surface area contributed by atoms with Crippen molar-refractivity contribution in [3.8, 4) is 0 Å². The molecule has 2 saturated carbocycles. The maximum Gasteiger partial charge on any atom is 0.0379 e. The van der Waals surface area contributed by atoms with E-state index >= 15 is 0 Å². The van der Waals surface area contributed by atoms with Crippen LogP contribution in [0.2, 0.25) is 0 Å². The molecule has 0 aliphatic heterocycles. The van der Waals surface area contributed by atoms with Crippen LogP contribution in [0, 0.1) is 17.3 Å². The molecule has 0 bridgehead atoms. The van der Waals surface area contributed by atoms with E-state index in [1.807, 2.05) is 0 Å². The largest absolute Gasteiger partial charge is 0.329 e. The Morgan fingerprint density at radius 1 is 1.24 bits per heavy atom. The van der Waals surface area contributed by atoms with E-state index in [9.17, 15) is 0 Å². The van der Waals surface area contributed by atoms with Crippen LogP contribution in [0.25, 0.3) is 0 Å². The molecule has 0 radical (unpaired) electrons. The summed E-state index contributed by atoms with van der Waals surface area (Å²) in [5.41, 5.74) is 6.82. The number of hydrogen-bond acceptors (Lipinski definition) is 2. The zero-order chi connectivity index (χ0) is 12.7. The summed E-state index contributed by atoms with van der Waals surface area (Å²) in [4.78, 5) is 2.61. The maximum absolute atomic E-state index is 6.20. The van der Waals surface area contributed by atoms with Crippen LogP contribution in [-0.2, 0) is 0 Å². The van der Waals surface area contributed by atoms with Crippen molar-refractivity contribution in [3.63, 3.8) is 0 Å². The van der Waals surface area contributed by atoms with Crippen LogP contribution in [0.15, 0.2) is 0 Å². The van der Waals surface area contributed by atoms with Gasteiger partial charge in [0.1, 0.15) is 0 Å².